The van der Waals surface area contributed by atoms with Crippen LogP contribution in [0.4, 0.5) is 0 Å². The second-order valence-corrected chi connectivity index (χ2v) is 4.64. The van der Waals surface area contributed by atoms with Crippen molar-refractivity contribution in [2.45, 2.75) is 6.92 Å². The summed E-state index contributed by atoms with van der Waals surface area (Å²) in [5.41, 5.74) is 15.9. The molecule has 0 fully saturated rings. The Bertz CT molecular complexity index is 344. The summed E-state index contributed by atoms with van der Waals surface area (Å²) in [7, 11) is 0. The summed E-state index contributed by atoms with van der Waals surface area (Å²) in [6.07, 6.45) is 13.7. The zero-order valence-corrected chi connectivity index (χ0v) is 12.1. The van der Waals surface area contributed by atoms with Crippen LogP contribution >= 0.6 is 0 Å². The van der Waals surface area contributed by atoms with Crippen LogP contribution in [0.5, 0.6) is 0 Å². The van der Waals surface area contributed by atoms with Gasteiger partial charge in [0.05, 0.1) is 12.0 Å². The van der Waals surface area contributed by atoms with Crippen molar-refractivity contribution in [3.8, 4) is 0 Å². The van der Waals surface area contributed by atoms with E-state index in [1.807, 2.05) is 18.5 Å². The van der Waals surface area contributed by atoms with Gasteiger partial charge in [0.25, 0.3) is 0 Å². The van der Waals surface area contributed by atoms with E-state index < -0.39 is 0 Å². The van der Waals surface area contributed by atoms with Gasteiger partial charge in [-0.2, -0.15) is 0 Å². The highest BCUT2D eigenvalue weighted by Crippen LogP contribution is 2.12. The summed E-state index contributed by atoms with van der Waals surface area (Å²) in [6.45, 7) is 4.89. The molecule has 0 bridgehead atoms. The van der Waals surface area contributed by atoms with Crippen LogP contribution in [0.25, 0.3) is 0 Å². The maximum Gasteiger partial charge on any atom is 0.163 e. The molecule has 0 saturated carbocycles. The SMILES string of the molecule is CC(CN=CC=CN)(CN/C=C\CN)C[NH+]=CC=CN. The van der Waals surface area contributed by atoms with Crippen LogP contribution in [-0.2, 0) is 0 Å². The van der Waals surface area contributed by atoms with Gasteiger partial charge in [0.2, 0.25) is 0 Å². The van der Waals surface area contributed by atoms with Crippen molar-refractivity contribution in [3.63, 3.8) is 0 Å². The molecule has 0 heterocycles. The molecule has 8 N–H and O–H groups in total. The molecule has 0 aromatic carbocycles. The van der Waals surface area contributed by atoms with E-state index in [-0.39, 0.29) is 5.41 Å². The molecule has 6 heteroatoms. The molecule has 0 spiro atoms. The molecule has 20 heavy (non-hydrogen) atoms. The zero-order valence-electron chi connectivity index (χ0n) is 12.1. The Morgan fingerprint density at radius 3 is 2.65 bits per heavy atom. The predicted octanol–water partition coefficient (Wildman–Crippen LogP) is -1.78. The Morgan fingerprint density at radius 1 is 1.25 bits per heavy atom. The Morgan fingerprint density at radius 2 is 2.00 bits per heavy atom. The summed E-state index contributed by atoms with van der Waals surface area (Å²) in [4.78, 5) is 7.57. The molecule has 0 rings (SSSR count). The minimum atomic E-state index is -0.0448. The molecule has 0 aliphatic heterocycles. The predicted molar refractivity (Wildman–Crippen MR) is 86.2 cm³/mol. The first-order chi connectivity index (χ1) is 9.68. The number of nitrogens with one attached hydrogen (secondary N) is 2. The van der Waals surface area contributed by atoms with E-state index in [4.69, 9.17) is 17.2 Å². The summed E-state index contributed by atoms with van der Waals surface area (Å²) < 4.78 is 0. The molecule has 112 valence electrons. The lowest BCUT2D eigenvalue weighted by molar-refractivity contribution is -0.468. The smallest absolute Gasteiger partial charge is 0.163 e. The van der Waals surface area contributed by atoms with E-state index in [1.165, 1.54) is 12.4 Å². The van der Waals surface area contributed by atoms with Crippen LogP contribution < -0.4 is 27.5 Å². The van der Waals surface area contributed by atoms with Crippen molar-refractivity contribution in [1.29, 1.82) is 0 Å². The second-order valence-electron chi connectivity index (χ2n) is 4.64. The Hall–Kier alpha value is -2.08. The number of aliphatic imine (C=N–C) groups is 1. The van der Waals surface area contributed by atoms with Gasteiger partial charge in [-0.3, -0.25) is 4.99 Å². The van der Waals surface area contributed by atoms with Gasteiger partial charge in [0, 0.05) is 25.4 Å². The van der Waals surface area contributed by atoms with Crippen LogP contribution in [0.1, 0.15) is 6.92 Å². The number of nitrogens with zero attached hydrogens (tertiary/aromatic N) is 1. The average Bonchev–Trinajstić information content (AvgIpc) is 2.45. The van der Waals surface area contributed by atoms with E-state index in [0.29, 0.717) is 13.1 Å². The summed E-state index contributed by atoms with van der Waals surface area (Å²) >= 11 is 0. The molecule has 0 amide bonds. The maximum absolute atomic E-state index is 5.40. The highest BCUT2D eigenvalue weighted by molar-refractivity contribution is 5.70. The van der Waals surface area contributed by atoms with Crippen molar-refractivity contribution in [2.75, 3.05) is 26.2 Å². The molecule has 1 unspecified atom stereocenters. The number of hydrogen-bond donors (Lipinski definition) is 5. The van der Waals surface area contributed by atoms with Crippen molar-refractivity contribution < 1.29 is 4.99 Å². The molecular formula is C14H27N6+. The Balaban J connectivity index is 4.51. The molecule has 0 aliphatic rings. The molecule has 0 aromatic heterocycles. The fourth-order valence-corrected chi connectivity index (χ4v) is 1.44. The van der Waals surface area contributed by atoms with Gasteiger partial charge in [-0.05, 0) is 24.7 Å². The molecule has 1 atom stereocenters. The monoisotopic (exact) mass is 279 g/mol. The van der Waals surface area contributed by atoms with Crippen LogP contribution in [0.3, 0.4) is 0 Å². The van der Waals surface area contributed by atoms with Crippen LogP contribution in [-0.4, -0.2) is 38.6 Å². The topological polar surface area (TPSA) is 116 Å². The van der Waals surface area contributed by atoms with E-state index in [2.05, 4.69) is 22.2 Å². The molecule has 0 aliphatic carbocycles. The highest BCUT2D eigenvalue weighted by Gasteiger charge is 2.25. The van der Waals surface area contributed by atoms with Crippen molar-refractivity contribution in [2.24, 2.45) is 27.6 Å². The third-order valence-electron chi connectivity index (χ3n) is 2.53. The Labute approximate surface area is 121 Å². The lowest BCUT2D eigenvalue weighted by Gasteiger charge is -2.22. The van der Waals surface area contributed by atoms with Gasteiger partial charge in [-0.25, -0.2) is 4.99 Å². The second kappa shape index (κ2) is 12.0. The third kappa shape index (κ3) is 9.90. The minimum Gasteiger partial charge on any atom is -0.405 e. The van der Waals surface area contributed by atoms with Crippen LogP contribution in [0, 0.1) is 5.41 Å². The van der Waals surface area contributed by atoms with Crippen LogP contribution in [0.15, 0.2) is 41.8 Å². The summed E-state index contributed by atoms with van der Waals surface area (Å²) in [5, 5.41) is 3.23. The fraction of sp³-hybridized carbons (Fsp3) is 0.429. The van der Waals surface area contributed by atoms with Crippen molar-refractivity contribution >= 4 is 12.4 Å². The van der Waals surface area contributed by atoms with E-state index in [9.17, 15) is 0 Å². The number of allylic oxidation sites excluding steroid dienone is 2. The van der Waals surface area contributed by atoms with Crippen molar-refractivity contribution in [3.05, 3.63) is 36.8 Å². The van der Waals surface area contributed by atoms with Gasteiger partial charge in [-0.15, -0.1) is 0 Å². The normalized spacial score (nSPS) is 16.1. The standard InChI is InChI=1S/C14H26N6/c1-14(11-18-8-2-5-15,12-19-9-3-6-16)13-20-10-4-7-17/h2-6,8-10,20H,7,11-13,15-17H2,1H3/p+1/b5-2?,6-3?,10-4-,18-8?,19-9?. The average molecular weight is 279 g/mol. The molecule has 0 saturated heterocycles. The first kappa shape index (κ1) is 17.9. The highest BCUT2D eigenvalue weighted by atomic mass is 14.9. The van der Waals surface area contributed by atoms with E-state index in [1.54, 1.807) is 18.4 Å². The van der Waals surface area contributed by atoms with Gasteiger partial charge >= 0.3 is 0 Å². The van der Waals surface area contributed by atoms with Gasteiger partial charge in [0.15, 0.2) is 6.21 Å². The van der Waals surface area contributed by atoms with Gasteiger partial charge in [0.1, 0.15) is 6.54 Å². The lowest BCUT2D eigenvalue weighted by Crippen LogP contribution is -2.74. The first-order valence-corrected chi connectivity index (χ1v) is 6.57. The largest absolute Gasteiger partial charge is 0.405 e. The summed E-state index contributed by atoms with van der Waals surface area (Å²) in [6, 6.07) is 0. The van der Waals surface area contributed by atoms with E-state index >= 15 is 0 Å². The van der Waals surface area contributed by atoms with Crippen LogP contribution in [0.2, 0.25) is 0 Å². The lowest BCUT2D eigenvalue weighted by atomic mass is 9.91. The van der Waals surface area contributed by atoms with Gasteiger partial charge in [-0.1, -0.05) is 13.0 Å². The molecular weight excluding hydrogens is 252 g/mol. The quantitative estimate of drug-likeness (QED) is 0.304. The fourth-order valence-electron chi connectivity index (χ4n) is 1.44. The molecule has 0 radical (unpaired) electrons. The third-order valence-corrected chi connectivity index (χ3v) is 2.53. The maximum atomic E-state index is 5.40. The minimum absolute atomic E-state index is 0.0448. The summed E-state index contributed by atoms with van der Waals surface area (Å²) in [5.74, 6) is 0. The van der Waals surface area contributed by atoms with Crippen molar-refractivity contribution in [1.82, 2.24) is 5.32 Å². The van der Waals surface area contributed by atoms with Gasteiger partial charge < -0.3 is 22.5 Å². The Kier molecular flexibility index (Phi) is 10.7. The molecule has 6 nitrogen and oxygen atoms in total. The number of nitrogens with two attached hydrogens (primary N) is 3. The number of rotatable bonds is 10. The van der Waals surface area contributed by atoms with E-state index in [0.717, 1.165) is 13.1 Å². The zero-order chi connectivity index (χ0) is 15.1. The first-order valence-electron chi connectivity index (χ1n) is 6.57. The molecule has 0 aromatic rings. The number of hydrogen-bond acceptors (Lipinski definition) is 5.